The highest BCUT2D eigenvalue weighted by molar-refractivity contribution is 5.94. The van der Waals surface area contributed by atoms with Crippen LogP contribution in [0.25, 0.3) is 0 Å². The molecule has 138 valence electrons. The molecule has 2 aromatic rings. The highest BCUT2D eigenvalue weighted by Gasteiger charge is 2.21. The van der Waals surface area contributed by atoms with E-state index in [9.17, 15) is 4.79 Å². The molecule has 0 bridgehead atoms. The molecule has 2 heterocycles. The number of nitrogens with one attached hydrogen (secondary N) is 2. The van der Waals surface area contributed by atoms with Gasteiger partial charge in [0, 0.05) is 52.1 Å². The molecular weight excluding hydrogens is 328 g/mol. The second kappa shape index (κ2) is 9.31. The normalized spacial score (nSPS) is 17.1. The van der Waals surface area contributed by atoms with Gasteiger partial charge in [-0.05, 0) is 24.1 Å². The summed E-state index contributed by atoms with van der Waals surface area (Å²) in [4.78, 5) is 18.9. The maximum atomic E-state index is 12.1. The number of benzene rings is 1. The number of ether oxygens (including phenoxy) is 1. The minimum Gasteiger partial charge on any atom is -0.385 e. The van der Waals surface area contributed by atoms with Crippen LogP contribution in [0.1, 0.15) is 28.4 Å². The predicted molar refractivity (Wildman–Crippen MR) is 102 cm³/mol. The Bertz CT molecular complexity index is 691. The molecule has 2 N–H and O–H groups in total. The van der Waals surface area contributed by atoms with Gasteiger partial charge in [0.15, 0.2) is 0 Å². The third kappa shape index (κ3) is 4.80. The Morgan fingerprint density at radius 3 is 2.88 bits per heavy atom. The van der Waals surface area contributed by atoms with Crippen LogP contribution in [0.5, 0.6) is 0 Å². The molecule has 1 aromatic carbocycles. The summed E-state index contributed by atoms with van der Waals surface area (Å²) >= 11 is 0. The van der Waals surface area contributed by atoms with Crippen LogP contribution in [0.3, 0.4) is 0 Å². The summed E-state index contributed by atoms with van der Waals surface area (Å²) in [6.07, 6.45) is 2.45. The van der Waals surface area contributed by atoms with Crippen molar-refractivity contribution < 1.29 is 9.53 Å². The lowest BCUT2D eigenvalue weighted by Crippen LogP contribution is -2.46. The molecule has 1 aliphatic rings. The SMILES string of the molecule is COCCCNC(=O)c1ccc(N2CCN[C@H](c3ccccc3)C2)nc1. The van der Waals surface area contributed by atoms with Crippen molar-refractivity contribution >= 4 is 11.7 Å². The van der Waals surface area contributed by atoms with E-state index in [4.69, 9.17) is 4.74 Å². The van der Waals surface area contributed by atoms with Gasteiger partial charge in [0.2, 0.25) is 0 Å². The van der Waals surface area contributed by atoms with Crippen LogP contribution in [0.4, 0.5) is 5.82 Å². The van der Waals surface area contributed by atoms with E-state index >= 15 is 0 Å². The van der Waals surface area contributed by atoms with Gasteiger partial charge >= 0.3 is 0 Å². The Labute approximate surface area is 154 Å². The summed E-state index contributed by atoms with van der Waals surface area (Å²) in [5, 5.41) is 6.43. The minimum atomic E-state index is -0.0948. The minimum absolute atomic E-state index is 0.0948. The molecule has 6 heteroatoms. The Hall–Kier alpha value is -2.44. The maximum Gasteiger partial charge on any atom is 0.252 e. The average molecular weight is 354 g/mol. The summed E-state index contributed by atoms with van der Waals surface area (Å²) in [5.41, 5.74) is 1.87. The third-order valence-electron chi connectivity index (χ3n) is 4.52. The van der Waals surface area contributed by atoms with E-state index in [1.807, 2.05) is 18.2 Å². The van der Waals surface area contributed by atoms with Gasteiger partial charge in [0.05, 0.1) is 5.56 Å². The number of pyridine rings is 1. The summed E-state index contributed by atoms with van der Waals surface area (Å²) < 4.78 is 4.98. The van der Waals surface area contributed by atoms with Crippen molar-refractivity contribution in [2.45, 2.75) is 12.5 Å². The van der Waals surface area contributed by atoms with Gasteiger partial charge in [-0.25, -0.2) is 4.98 Å². The lowest BCUT2D eigenvalue weighted by Gasteiger charge is -2.34. The zero-order valence-electron chi connectivity index (χ0n) is 15.1. The van der Waals surface area contributed by atoms with Crippen molar-refractivity contribution in [3.05, 3.63) is 59.8 Å². The van der Waals surface area contributed by atoms with E-state index in [-0.39, 0.29) is 11.9 Å². The zero-order chi connectivity index (χ0) is 18.2. The number of methoxy groups -OCH3 is 1. The molecule has 1 atom stereocenters. The van der Waals surface area contributed by atoms with E-state index < -0.39 is 0 Å². The largest absolute Gasteiger partial charge is 0.385 e. The quantitative estimate of drug-likeness (QED) is 0.745. The molecule has 0 unspecified atom stereocenters. The van der Waals surface area contributed by atoms with E-state index in [1.54, 1.807) is 13.3 Å². The second-order valence-electron chi connectivity index (χ2n) is 6.37. The number of rotatable bonds is 7. The van der Waals surface area contributed by atoms with Crippen LogP contribution < -0.4 is 15.5 Å². The fraction of sp³-hybridized carbons (Fsp3) is 0.400. The average Bonchev–Trinajstić information content (AvgIpc) is 2.72. The highest BCUT2D eigenvalue weighted by atomic mass is 16.5. The first-order valence-corrected chi connectivity index (χ1v) is 9.04. The first-order chi connectivity index (χ1) is 12.8. The number of hydrogen-bond donors (Lipinski definition) is 2. The van der Waals surface area contributed by atoms with Crippen molar-refractivity contribution in [2.75, 3.05) is 44.8 Å². The molecule has 3 rings (SSSR count). The van der Waals surface area contributed by atoms with Gasteiger partial charge < -0.3 is 20.3 Å². The predicted octanol–water partition coefficient (Wildman–Crippen LogP) is 2.00. The van der Waals surface area contributed by atoms with Crippen LogP contribution in [-0.4, -0.2) is 50.8 Å². The first-order valence-electron chi connectivity index (χ1n) is 9.04. The van der Waals surface area contributed by atoms with Gasteiger partial charge in [-0.3, -0.25) is 4.79 Å². The number of hydrogen-bond acceptors (Lipinski definition) is 5. The van der Waals surface area contributed by atoms with Crippen LogP contribution in [-0.2, 0) is 4.74 Å². The summed E-state index contributed by atoms with van der Waals surface area (Å²) in [6.45, 7) is 3.91. The molecule has 6 nitrogen and oxygen atoms in total. The van der Waals surface area contributed by atoms with Crippen LogP contribution in [0, 0.1) is 0 Å². The summed E-state index contributed by atoms with van der Waals surface area (Å²) in [5.74, 6) is 0.811. The Kier molecular flexibility index (Phi) is 6.57. The number of carbonyl (C=O) groups excluding carboxylic acids is 1. The highest BCUT2D eigenvalue weighted by Crippen LogP contribution is 2.21. The zero-order valence-corrected chi connectivity index (χ0v) is 15.1. The smallest absolute Gasteiger partial charge is 0.252 e. The fourth-order valence-electron chi connectivity index (χ4n) is 3.09. The summed E-state index contributed by atoms with van der Waals surface area (Å²) in [7, 11) is 1.66. The maximum absolute atomic E-state index is 12.1. The number of piperazine rings is 1. The molecule has 26 heavy (non-hydrogen) atoms. The van der Waals surface area contributed by atoms with E-state index in [0.717, 1.165) is 31.9 Å². The van der Waals surface area contributed by atoms with Crippen LogP contribution >= 0.6 is 0 Å². The van der Waals surface area contributed by atoms with Gasteiger partial charge in [0.1, 0.15) is 5.82 Å². The third-order valence-corrected chi connectivity index (χ3v) is 4.52. The van der Waals surface area contributed by atoms with Crippen LogP contribution in [0.2, 0.25) is 0 Å². The molecule has 0 aliphatic carbocycles. The lowest BCUT2D eigenvalue weighted by molar-refractivity contribution is 0.0948. The van der Waals surface area contributed by atoms with Crippen LogP contribution in [0.15, 0.2) is 48.7 Å². The number of amides is 1. The van der Waals surface area contributed by atoms with Gasteiger partial charge in [-0.1, -0.05) is 30.3 Å². The Morgan fingerprint density at radius 1 is 1.31 bits per heavy atom. The molecule has 1 fully saturated rings. The van der Waals surface area contributed by atoms with Gasteiger partial charge in [-0.15, -0.1) is 0 Å². The van der Waals surface area contributed by atoms with Crippen molar-refractivity contribution in [3.63, 3.8) is 0 Å². The number of nitrogens with zero attached hydrogens (tertiary/aromatic N) is 2. The molecule has 0 saturated carbocycles. The molecular formula is C20H26N4O2. The van der Waals surface area contributed by atoms with Crippen molar-refractivity contribution in [2.24, 2.45) is 0 Å². The number of aromatic nitrogens is 1. The number of carbonyl (C=O) groups is 1. The summed E-state index contributed by atoms with van der Waals surface area (Å²) in [6, 6.07) is 14.5. The molecule has 1 aromatic heterocycles. The molecule has 1 aliphatic heterocycles. The van der Waals surface area contributed by atoms with Gasteiger partial charge in [-0.2, -0.15) is 0 Å². The molecule has 1 amide bonds. The monoisotopic (exact) mass is 354 g/mol. The first kappa shape index (κ1) is 18.4. The topological polar surface area (TPSA) is 66.5 Å². The Morgan fingerprint density at radius 2 is 2.15 bits per heavy atom. The Balaban J connectivity index is 1.58. The van der Waals surface area contributed by atoms with Crippen molar-refractivity contribution in [1.29, 1.82) is 0 Å². The van der Waals surface area contributed by atoms with E-state index in [2.05, 4.69) is 44.8 Å². The molecule has 0 radical (unpaired) electrons. The van der Waals surface area contributed by atoms with E-state index in [0.29, 0.717) is 18.7 Å². The molecule has 0 spiro atoms. The van der Waals surface area contributed by atoms with E-state index in [1.165, 1.54) is 5.56 Å². The van der Waals surface area contributed by atoms with Crippen molar-refractivity contribution in [3.8, 4) is 0 Å². The van der Waals surface area contributed by atoms with Crippen molar-refractivity contribution in [1.82, 2.24) is 15.6 Å². The molecule has 1 saturated heterocycles. The standard InChI is InChI=1S/C20H26N4O2/c1-26-13-5-10-22-20(25)17-8-9-19(23-14-17)24-12-11-21-18(15-24)16-6-3-2-4-7-16/h2-4,6-9,14,18,21H,5,10-13,15H2,1H3,(H,22,25)/t18-/m0/s1. The number of anilines is 1. The fourth-order valence-corrected chi connectivity index (χ4v) is 3.09. The van der Waals surface area contributed by atoms with Gasteiger partial charge in [0.25, 0.3) is 5.91 Å². The second-order valence-corrected chi connectivity index (χ2v) is 6.37. The lowest BCUT2D eigenvalue weighted by atomic mass is 10.0.